The van der Waals surface area contributed by atoms with Gasteiger partial charge in [-0.15, -0.1) is 0 Å². The van der Waals surface area contributed by atoms with Crippen LogP contribution in [0.25, 0.3) is 0 Å². The number of nitrogens with zero attached hydrogens (tertiary/aromatic N) is 1. The molecule has 15 heavy (non-hydrogen) atoms. The van der Waals surface area contributed by atoms with Crippen LogP contribution < -0.4 is 0 Å². The topological polar surface area (TPSA) is 3.24 Å². The van der Waals surface area contributed by atoms with Crippen LogP contribution in [-0.2, 0) is 6.42 Å². The molecule has 0 aromatic heterocycles. The molecule has 0 aliphatic heterocycles. The number of aryl methyl sites for hydroxylation is 1. The summed E-state index contributed by atoms with van der Waals surface area (Å²) in [6.07, 6.45) is 2.34. The fourth-order valence-corrected chi connectivity index (χ4v) is 2.05. The van der Waals surface area contributed by atoms with E-state index in [1.807, 2.05) is 0 Å². The SMILES string of the molecule is CCCN(C)C(C)c1ccccc1CC. The van der Waals surface area contributed by atoms with Crippen LogP contribution in [0.2, 0.25) is 0 Å². The van der Waals surface area contributed by atoms with Crippen LogP contribution in [0.1, 0.15) is 44.4 Å². The molecule has 1 nitrogen and oxygen atoms in total. The summed E-state index contributed by atoms with van der Waals surface area (Å²) in [6.45, 7) is 7.92. The smallest absolute Gasteiger partial charge is 0.0319 e. The van der Waals surface area contributed by atoms with Gasteiger partial charge >= 0.3 is 0 Å². The number of rotatable bonds is 5. The molecule has 1 unspecified atom stereocenters. The molecule has 1 atom stereocenters. The second-order valence-corrected chi connectivity index (χ2v) is 4.21. The fourth-order valence-electron chi connectivity index (χ4n) is 2.05. The molecule has 0 saturated heterocycles. The van der Waals surface area contributed by atoms with Crippen molar-refractivity contribution in [3.63, 3.8) is 0 Å². The Balaban J connectivity index is 2.84. The number of benzene rings is 1. The van der Waals surface area contributed by atoms with Crippen molar-refractivity contribution in [1.82, 2.24) is 4.90 Å². The summed E-state index contributed by atoms with van der Waals surface area (Å²) in [6, 6.07) is 9.31. The third kappa shape index (κ3) is 3.07. The van der Waals surface area contributed by atoms with Gasteiger partial charge in [0.05, 0.1) is 0 Å². The maximum absolute atomic E-state index is 2.43. The lowest BCUT2D eigenvalue weighted by Gasteiger charge is -2.26. The number of hydrogen-bond donors (Lipinski definition) is 0. The highest BCUT2D eigenvalue weighted by Gasteiger charge is 2.12. The first-order chi connectivity index (χ1) is 7.20. The lowest BCUT2D eigenvalue weighted by molar-refractivity contribution is 0.261. The van der Waals surface area contributed by atoms with Gasteiger partial charge in [0.15, 0.2) is 0 Å². The molecular weight excluding hydrogens is 182 g/mol. The Morgan fingerprint density at radius 2 is 1.87 bits per heavy atom. The van der Waals surface area contributed by atoms with Crippen molar-refractivity contribution in [2.45, 2.75) is 39.7 Å². The Kier molecular flexibility index (Phi) is 4.83. The Morgan fingerprint density at radius 3 is 2.47 bits per heavy atom. The van der Waals surface area contributed by atoms with Gasteiger partial charge in [-0.1, -0.05) is 38.1 Å². The summed E-state index contributed by atoms with van der Waals surface area (Å²) in [5.74, 6) is 0. The minimum atomic E-state index is 0.529. The zero-order valence-corrected chi connectivity index (χ0v) is 10.5. The van der Waals surface area contributed by atoms with Crippen molar-refractivity contribution in [3.05, 3.63) is 35.4 Å². The van der Waals surface area contributed by atoms with Crippen LogP contribution in [0.5, 0.6) is 0 Å². The summed E-state index contributed by atoms with van der Waals surface area (Å²) in [5.41, 5.74) is 2.96. The van der Waals surface area contributed by atoms with Crippen LogP contribution in [0.4, 0.5) is 0 Å². The van der Waals surface area contributed by atoms with E-state index in [0.717, 1.165) is 6.42 Å². The Morgan fingerprint density at radius 1 is 1.20 bits per heavy atom. The maximum Gasteiger partial charge on any atom is 0.0319 e. The van der Waals surface area contributed by atoms with E-state index in [1.165, 1.54) is 24.1 Å². The van der Waals surface area contributed by atoms with Crippen LogP contribution >= 0.6 is 0 Å². The van der Waals surface area contributed by atoms with Crippen molar-refractivity contribution in [2.24, 2.45) is 0 Å². The predicted octanol–water partition coefficient (Wildman–Crippen LogP) is 3.65. The zero-order valence-electron chi connectivity index (χ0n) is 10.5. The van der Waals surface area contributed by atoms with Crippen molar-refractivity contribution in [2.75, 3.05) is 13.6 Å². The molecule has 0 spiro atoms. The molecule has 0 aliphatic carbocycles. The highest BCUT2D eigenvalue weighted by Crippen LogP contribution is 2.22. The van der Waals surface area contributed by atoms with Crippen LogP contribution in [0, 0.1) is 0 Å². The lowest BCUT2D eigenvalue weighted by atomic mass is 9.99. The summed E-state index contributed by atoms with van der Waals surface area (Å²) < 4.78 is 0. The van der Waals surface area contributed by atoms with Gasteiger partial charge in [-0.05, 0) is 44.5 Å². The second-order valence-electron chi connectivity index (χ2n) is 4.21. The molecule has 0 bridgehead atoms. The van der Waals surface area contributed by atoms with Crippen molar-refractivity contribution >= 4 is 0 Å². The normalized spacial score (nSPS) is 13.1. The van der Waals surface area contributed by atoms with E-state index in [9.17, 15) is 0 Å². The molecule has 0 fully saturated rings. The van der Waals surface area contributed by atoms with Crippen molar-refractivity contribution in [1.29, 1.82) is 0 Å². The quantitative estimate of drug-likeness (QED) is 0.709. The van der Waals surface area contributed by atoms with Crippen LogP contribution in [0.3, 0.4) is 0 Å². The molecule has 1 rings (SSSR count). The van der Waals surface area contributed by atoms with E-state index in [-0.39, 0.29) is 0 Å². The molecule has 0 heterocycles. The summed E-state index contributed by atoms with van der Waals surface area (Å²) in [5, 5.41) is 0. The van der Waals surface area contributed by atoms with Crippen molar-refractivity contribution < 1.29 is 0 Å². The highest BCUT2D eigenvalue weighted by molar-refractivity contribution is 5.29. The maximum atomic E-state index is 2.43. The average Bonchev–Trinajstić information content (AvgIpc) is 2.28. The van der Waals surface area contributed by atoms with E-state index >= 15 is 0 Å². The molecule has 0 N–H and O–H groups in total. The summed E-state index contributed by atoms with van der Waals surface area (Å²) in [4.78, 5) is 2.43. The van der Waals surface area contributed by atoms with Gasteiger partial charge in [0, 0.05) is 6.04 Å². The van der Waals surface area contributed by atoms with E-state index < -0.39 is 0 Å². The first-order valence-corrected chi connectivity index (χ1v) is 5.98. The van der Waals surface area contributed by atoms with Gasteiger partial charge in [-0.2, -0.15) is 0 Å². The fraction of sp³-hybridized carbons (Fsp3) is 0.571. The molecule has 84 valence electrons. The molecule has 1 aromatic carbocycles. The standard InChI is InChI=1S/C14H23N/c1-5-11-15(4)12(3)14-10-8-7-9-13(14)6-2/h7-10,12H,5-6,11H2,1-4H3. The Hall–Kier alpha value is -0.820. The van der Waals surface area contributed by atoms with E-state index in [1.54, 1.807) is 0 Å². The molecule has 0 radical (unpaired) electrons. The summed E-state index contributed by atoms with van der Waals surface area (Å²) >= 11 is 0. The van der Waals surface area contributed by atoms with Gasteiger partial charge in [0.25, 0.3) is 0 Å². The minimum Gasteiger partial charge on any atom is -0.300 e. The molecular formula is C14H23N. The Bertz CT molecular complexity index is 293. The van der Waals surface area contributed by atoms with E-state index in [4.69, 9.17) is 0 Å². The zero-order chi connectivity index (χ0) is 11.3. The first-order valence-electron chi connectivity index (χ1n) is 5.98. The van der Waals surface area contributed by atoms with Gasteiger partial charge in [0.2, 0.25) is 0 Å². The largest absolute Gasteiger partial charge is 0.300 e. The van der Waals surface area contributed by atoms with Gasteiger partial charge in [-0.25, -0.2) is 0 Å². The predicted molar refractivity (Wildman–Crippen MR) is 67.2 cm³/mol. The highest BCUT2D eigenvalue weighted by atomic mass is 15.1. The van der Waals surface area contributed by atoms with Crippen LogP contribution in [-0.4, -0.2) is 18.5 Å². The average molecular weight is 205 g/mol. The first kappa shape index (κ1) is 12.3. The van der Waals surface area contributed by atoms with Gasteiger partial charge < -0.3 is 0 Å². The minimum absolute atomic E-state index is 0.529. The molecule has 1 aromatic rings. The summed E-state index contributed by atoms with van der Waals surface area (Å²) in [7, 11) is 2.21. The van der Waals surface area contributed by atoms with Crippen LogP contribution in [0.15, 0.2) is 24.3 Å². The Labute approximate surface area is 94.1 Å². The van der Waals surface area contributed by atoms with Crippen molar-refractivity contribution in [3.8, 4) is 0 Å². The third-order valence-electron chi connectivity index (χ3n) is 3.12. The van der Waals surface area contributed by atoms with E-state index in [2.05, 4.69) is 57.0 Å². The monoisotopic (exact) mass is 205 g/mol. The van der Waals surface area contributed by atoms with Gasteiger partial charge in [0.1, 0.15) is 0 Å². The molecule has 1 heteroatoms. The molecule has 0 amide bonds. The molecule has 0 aliphatic rings. The number of hydrogen-bond acceptors (Lipinski definition) is 1. The lowest BCUT2D eigenvalue weighted by Crippen LogP contribution is -2.23. The third-order valence-corrected chi connectivity index (χ3v) is 3.12. The second kappa shape index (κ2) is 5.92. The van der Waals surface area contributed by atoms with E-state index in [0.29, 0.717) is 6.04 Å². The van der Waals surface area contributed by atoms with Gasteiger partial charge in [-0.3, -0.25) is 4.90 Å². The molecule has 0 saturated carbocycles.